The fraction of sp³-hybridized carbons (Fsp3) is 0.455. The maximum atomic E-state index is 13.4. The zero-order chi connectivity index (χ0) is 13.3. The van der Waals surface area contributed by atoms with Gasteiger partial charge in [-0.1, -0.05) is 0 Å². The van der Waals surface area contributed by atoms with Crippen molar-refractivity contribution in [2.75, 3.05) is 6.54 Å². The summed E-state index contributed by atoms with van der Waals surface area (Å²) in [6.07, 6.45) is -1.32. The first-order valence-corrected chi connectivity index (χ1v) is 5.34. The Labute approximate surface area is 102 Å². The number of hydrogen-bond donors (Lipinski definition) is 1. The Morgan fingerprint density at radius 1 is 1.67 bits per heavy atom. The number of carboxylic acid groups (broad SMARTS) is 1. The van der Waals surface area contributed by atoms with Gasteiger partial charge in [-0.25, -0.2) is 13.6 Å². The van der Waals surface area contributed by atoms with E-state index in [2.05, 4.69) is 4.98 Å². The predicted octanol–water partition coefficient (Wildman–Crippen LogP) is 1.98. The molecule has 1 aliphatic rings. The number of hydrogen-bond acceptors (Lipinski definition) is 3. The molecule has 0 radical (unpaired) electrons. The minimum Gasteiger partial charge on any atom is -0.480 e. The van der Waals surface area contributed by atoms with Crippen LogP contribution in [-0.2, 0) is 6.54 Å². The quantitative estimate of drug-likeness (QED) is 0.836. The molecule has 18 heavy (non-hydrogen) atoms. The van der Waals surface area contributed by atoms with Gasteiger partial charge in [0.2, 0.25) is 0 Å². The number of alkyl halides is 2. The van der Waals surface area contributed by atoms with Crippen LogP contribution in [0.3, 0.4) is 0 Å². The van der Waals surface area contributed by atoms with E-state index >= 15 is 0 Å². The van der Waals surface area contributed by atoms with E-state index in [0.29, 0.717) is 12.6 Å². The Kier molecular flexibility index (Phi) is 3.06. The molecule has 0 saturated carbocycles. The summed E-state index contributed by atoms with van der Waals surface area (Å²) < 4.78 is 31.9. The van der Waals surface area contributed by atoms with Crippen LogP contribution < -0.4 is 4.74 Å². The second-order valence-electron chi connectivity index (χ2n) is 4.17. The minimum atomic E-state index is -3.13. The Morgan fingerprint density at radius 2 is 2.39 bits per heavy atom. The summed E-state index contributed by atoms with van der Waals surface area (Å²) in [5.41, 5.74) is 0.339. The van der Waals surface area contributed by atoms with Crippen LogP contribution >= 0.6 is 0 Å². The molecular weight excluding hydrogens is 246 g/mol. The van der Waals surface area contributed by atoms with E-state index in [1.807, 2.05) is 0 Å². The standard InChI is InChI=1S/C11H12F2N2O3/c1-11(12,13)9-6-15(10(16)17)5-7-8(18-9)3-2-4-14-7/h2-4,9H,5-6H2,1H3,(H,16,17)/t9-/m0/s1. The van der Waals surface area contributed by atoms with Crippen LogP contribution in [-0.4, -0.2) is 39.7 Å². The SMILES string of the molecule is CC(F)(F)[C@@H]1CN(C(=O)O)Cc2ncccc2O1. The summed E-state index contributed by atoms with van der Waals surface area (Å²) in [4.78, 5) is 15.8. The first-order valence-electron chi connectivity index (χ1n) is 5.34. The number of amides is 1. The third kappa shape index (κ3) is 2.49. The highest BCUT2D eigenvalue weighted by Gasteiger charge is 2.40. The molecule has 1 atom stereocenters. The van der Waals surface area contributed by atoms with Crippen molar-refractivity contribution >= 4 is 6.09 Å². The van der Waals surface area contributed by atoms with Crippen LogP contribution in [0.2, 0.25) is 0 Å². The van der Waals surface area contributed by atoms with Gasteiger partial charge >= 0.3 is 6.09 Å². The lowest BCUT2D eigenvalue weighted by atomic mass is 10.2. The maximum absolute atomic E-state index is 13.4. The van der Waals surface area contributed by atoms with Crippen molar-refractivity contribution in [1.82, 2.24) is 9.88 Å². The van der Waals surface area contributed by atoms with Gasteiger partial charge in [-0.2, -0.15) is 0 Å². The third-order valence-electron chi connectivity index (χ3n) is 2.68. The molecule has 2 rings (SSSR count). The van der Waals surface area contributed by atoms with E-state index in [0.717, 1.165) is 4.90 Å². The number of rotatable bonds is 1. The molecule has 1 amide bonds. The average Bonchev–Trinajstić information content (AvgIpc) is 2.47. The average molecular weight is 258 g/mol. The van der Waals surface area contributed by atoms with E-state index in [9.17, 15) is 13.6 Å². The van der Waals surface area contributed by atoms with Crippen molar-refractivity contribution in [2.24, 2.45) is 0 Å². The van der Waals surface area contributed by atoms with E-state index < -0.39 is 24.7 Å². The Morgan fingerprint density at radius 3 is 3.00 bits per heavy atom. The monoisotopic (exact) mass is 258 g/mol. The van der Waals surface area contributed by atoms with Crippen LogP contribution in [0, 0.1) is 0 Å². The van der Waals surface area contributed by atoms with Crippen molar-refractivity contribution in [2.45, 2.75) is 25.5 Å². The van der Waals surface area contributed by atoms with Gasteiger partial charge in [0.15, 0.2) is 6.10 Å². The highest BCUT2D eigenvalue weighted by molar-refractivity contribution is 5.65. The third-order valence-corrected chi connectivity index (χ3v) is 2.68. The first-order chi connectivity index (χ1) is 8.38. The molecule has 0 aliphatic carbocycles. The van der Waals surface area contributed by atoms with Crippen LogP contribution in [0.5, 0.6) is 5.75 Å². The zero-order valence-corrected chi connectivity index (χ0v) is 9.64. The van der Waals surface area contributed by atoms with E-state index in [1.54, 1.807) is 6.07 Å². The van der Waals surface area contributed by atoms with Gasteiger partial charge in [0.25, 0.3) is 5.92 Å². The molecular formula is C11H12F2N2O3. The Bertz CT molecular complexity index is 462. The molecule has 0 spiro atoms. The second-order valence-corrected chi connectivity index (χ2v) is 4.17. The highest BCUT2D eigenvalue weighted by Crippen LogP contribution is 2.29. The summed E-state index contributed by atoms with van der Waals surface area (Å²) in [7, 11) is 0. The van der Waals surface area contributed by atoms with Crippen LogP contribution in [0.1, 0.15) is 12.6 Å². The van der Waals surface area contributed by atoms with E-state index in [4.69, 9.17) is 9.84 Å². The van der Waals surface area contributed by atoms with Crippen molar-refractivity contribution < 1.29 is 23.4 Å². The summed E-state index contributed by atoms with van der Waals surface area (Å²) in [6, 6.07) is 3.06. The number of halogens is 2. The molecule has 2 heterocycles. The number of pyridine rings is 1. The van der Waals surface area contributed by atoms with Crippen molar-refractivity contribution in [3.8, 4) is 5.75 Å². The molecule has 5 nitrogen and oxygen atoms in total. The smallest absolute Gasteiger partial charge is 0.407 e. The molecule has 7 heteroatoms. The number of aromatic nitrogens is 1. The van der Waals surface area contributed by atoms with Gasteiger partial charge in [0, 0.05) is 13.1 Å². The largest absolute Gasteiger partial charge is 0.480 e. The molecule has 0 bridgehead atoms. The van der Waals surface area contributed by atoms with Crippen LogP contribution in [0.25, 0.3) is 0 Å². The van der Waals surface area contributed by atoms with Gasteiger partial charge in [0.05, 0.1) is 13.1 Å². The lowest BCUT2D eigenvalue weighted by Gasteiger charge is -2.25. The molecule has 1 aromatic heterocycles. The minimum absolute atomic E-state index is 0.0575. The normalized spacial score (nSPS) is 19.7. The zero-order valence-electron chi connectivity index (χ0n) is 9.64. The van der Waals surface area contributed by atoms with Gasteiger partial charge < -0.3 is 9.84 Å². The maximum Gasteiger partial charge on any atom is 0.407 e. The number of nitrogens with zero attached hydrogens (tertiary/aromatic N) is 2. The fourth-order valence-corrected chi connectivity index (χ4v) is 1.69. The molecule has 0 saturated heterocycles. The summed E-state index contributed by atoms with van der Waals surface area (Å²) >= 11 is 0. The van der Waals surface area contributed by atoms with Crippen molar-refractivity contribution in [3.63, 3.8) is 0 Å². The number of fused-ring (bicyclic) bond motifs is 1. The summed E-state index contributed by atoms with van der Waals surface area (Å²) in [5.74, 6) is -2.93. The van der Waals surface area contributed by atoms with E-state index in [-0.39, 0.29) is 12.3 Å². The lowest BCUT2D eigenvalue weighted by molar-refractivity contribution is -0.0856. The van der Waals surface area contributed by atoms with Gasteiger partial charge in [0.1, 0.15) is 11.4 Å². The number of ether oxygens (including phenoxy) is 1. The molecule has 1 N–H and O–H groups in total. The van der Waals surface area contributed by atoms with Crippen LogP contribution in [0.15, 0.2) is 18.3 Å². The molecule has 98 valence electrons. The van der Waals surface area contributed by atoms with E-state index in [1.165, 1.54) is 12.3 Å². The second kappa shape index (κ2) is 4.40. The van der Waals surface area contributed by atoms with Crippen LogP contribution in [0.4, 0.5) is 13.6 Å². The fourth-order valence-electron chi connectivity index (χ4n) is 1.69. The number of carbonyl (C=O) groups is 1. The first kappa shape index (κ1) is 12.5. The van der Waals surface area contributed by atoms with Gasteiger partial charge in [-0.3, -0.25) is 9.88 Å². The predicted molar refractivity (Wildman–Crippen MR) is 57.7 cm³/mol. The molecule has 0 aromatic carbocycles. The lowest BCUT2D eigenvalue weighted by Crippen LogP contribution is -2.45. The molecule has 0 unspecified atom stereocenters. The Balaban J connectivity index is 2.36. The summed E-state index contributed by atoms with van der Waals surface area (Å²) in [6.45, 7) is 0.256. The van der Waals surface area contributed by atoms with Crippen molar-refractivity contribution in [1.29, 1.82) is 0 Å². The highest BCUT2D eigenvalue weighted by atomic mass is 19.3. The molecule has 1 aromatic rings. The van der Waals surface area contributed by atoms with Gasteiger partial charge in [-0.15, -0.1) is 0 Å². The Hall–Kier alpha value is -1.92. The van der Waals surface area contributed by atoms with Gasteiger partial charge in [-0.05, 0) is 12.1 Å². The topological polar surface area (TPSA) is 62.7 Å². The molecule has 0 fully saturated rings. The molecule has 1 aliphatic heterocycles. The van der Waals surface area contributed by atoms with Crippen molar-refractivity contribution in [3.05, 3.63) is 24.0 Å². The summed E-state index contributed by atoms with van der Waals surface area (Å²) in [5, 5.41) is 8.97.